The molecule has 1 heterocycles. The summed E-state index contributed by atoms with van der Waals surface area (Å²) in [5, 5.41) is 1.88. The van der Waals surface area contributed by atoms with E-state index in [1.807, 2.05) is 5.32 Å². The van der Waals surface area contributed by atoms with Crippen molar-refractivity contribution in [3.63, 3.8) is 0 Å². The summed E-state index contributed by atoms with van der Waals surface area (Å²) < 4.78 is 90.8. The number of rotatable bonds is 2. The normalized spacial score (nSPS) is 23.1. The highest BCUT2D eigenvalue weighted by molar-refractivity contribution is 5.85. The molecule has 0 saturated carbocycles. The third-order valence-corrected chi connectivity index (χ3v) is 2.13. The number of hydrogen-bond acceptors (Lipinski definition) is 2. The summed E-state index contributed by atoms with van der Waals surface area (Å²) in [4.78, 5) is 0. The lowest BCUT2D eigenvalue weighted by molar-refractivity contribution is -0.362. The van der Waals surface area contributed by atoms with Crippen LogP contribution < -0.4 is 5.32 Å². The number of hydrogen-bond donors (Lipinski definition) is 1. The van der Waals surface area contributed by atoms with Gasteiger partial charge in [0.1, 0.15) is 6.04 Å². The van der Waals surface area contributed by atoms with Crippen LogP contribution in [0.1, 0.15) is 0 Å². The maximum atomic E-state index is 13.0. The van der Waals surface area contributed by atoms with E-state index in [2.05, 4.69) is 4.74 Å². The van der Waals surface area contributed by atoms with Gasteiger partial charge in [0.25, 0.3) is 0 Å². The smallest absolute Gasteiger partial charge is 0.378 e. The van der Waals surface area contributed by atoms with Gasteiger partial charge in [-0.3, -0.25) is 0 Å². The zero-order chi connectivity index (χ0) is 12.6. The average molecular weight is 292 g/mol. The van der Waals surface area contributed by atoms with E-state index in [-0.39, 0.29) is 25.6 Å². The molecule has 0 aromatic heterocycles. The van der Waals surface area contributed by atoms with Gasteiger partial charge in [-0.1, -0.05) is 0 Å². The second-order valence-corrected chi connectivity index (χ2v) is 3.28. The molecule has 1 saturated heterocycles. The van der Waals surface area contributed by atoms with Crippen LogP contribution >= 0.6 is 12.4 Å². The Kier molecular flexibility index (Phi) is 5.06. The van der Waals surface area contributed by atoms with Gasteiger partial charge in [0, 0.05) is 6.54 Å². The summed E-state index contributed by atoms with van der Waals surface area (Å²) in [6, 6.07) is -2.35. The predicted octanol–water partition coefficient (Wildman–Crippen LogP) is 2.23. The third kappa shape index (κ3) is 2.94. The van der Waals surface area contributed by atoms with Gasteiger partial charge >= 0.3 is 18.0 Å². The molecule has 0 bridgehead atoms. The number of morpholine rings is 1. The minimum atomic E-state index is -6.30. The van der Waals surface area contributed by atoms with Crippen LogP contribution in [-0.2, 0) is 4.74 Å². The number of ether oxygens (including phenoxy) is 1. The van der Waals surface area contributed by atoms with Crippen LogP contribution in [-0.4, -0.2) is 43.8 Å². The molecule has 0 aromatic carbocycles. The van der Waals surface area contributed by atoms with Crippen molar-refractivity contribution in [2.45, 2.75) is 24.1 Å². The lowest BCUT2D eigenvalue weighted by Gasteiger charge is -2.36. The molecule has 1 atom stereocenters. The standard InChI is InChI=1S/C7H8F7NO.ClH/c8-5(9,4-3-16-2-1-15-4)6(10,11)7(12,13)14;/h4,15H,1-3H2;1H/t4-;/m1./s1. The molecule has 0 amide bonds. The van der Waals surface area contributed by atoms with Gasteiger partial charge in [0.15, 0.2) is 0 Å². The zero-order valence-electron chi connectivity index (χ0n) is 8.16. The predicted molar refractivity (Wildman–Crippen MR) is 45.8 cm³/mol. The SMILES string of the molecule is Cl.FC(F)(F)C(F)(F)C(F)(F)[C@H]1COCCN1. The molecule has 1 aliphatic rings. The average Bonchev–Trinajstić information content (AvgIpc) is 2.17. The Labute approximate surface area is 97.9 Å². The summed E-state index contributed by atoms with van der Waals surface area (Å²) in [5.41, 5.74) is 0. The summed E-state index contributed by atoms with van der Waals surface area (Å²) >= 11 is 0. The van der Waals surface area contributed by atoms with Crippen LogP contribution in [0.25, 0.3) is 0 Å². The second-order valence-electron chi connectivity index (χ2n) is 3.28. The van der Waals surface area contributed by atoms with Crippen LogP contribution in [0.3, 0.4) is 0 Å². The van der Waals surface area contributed by atoms with E-state index in [9.17, 15) is 30.7 Å². The van der Waals surface area contributed by atoms with Crippen molar-refractivity contribution >= 4 is 12.4 Å². The summed E-state index contributed by atoms with van der Waals surface area (Å²) in [6.45, 7) is -1.10. The van der Waals surface area contributed by atoms with Crippen molar-refractivity contribution in [3.8, 4) is 0 Å². The van der Waals surface area contributed by atoms with Crippen molar-refractivity contribution in [1.82, 2.24) is 5.32 Å². The Hall–Kier alpha value is -0.280. The van der Waals surface area contributed by atoms with Gasteiger partial charge in [0.05, 0.1) is 13.2 Å². The Morgan fingerprint density at radius 3 is 1.88 bits per heavy atom. The molecule has 1 rings (SSSR count). The first-order chi connectivity index (χ1) is 7.11. The highest BCUT2D eigenvalue weighted by Crippen LogP contribution is 2.48. The number of halogens is 8. The van der Waals surface area contributed by atoms with Crippen LogP contribution in [0, 0.1) is 0 Å². The molecule has 1 fully saturated rings. The first kappa shape index (κ1) is 16.7. The molecule has 1 N–H and O–H groups in total. The molecule has 0 unspecified atom stereocenters. The molecular weight excluding hydrogens is 283 g/mol. The molecule has 0 aromatic rings. The fraction of sp³-hybridized carbons (Fsp3) is 1.00. The summed E-state index contributed by atoms with van der Waals surface area (Å²) in [5.74, 6) is -11.3. The number of alkyl halides is 7. The second kappa shape index (κ2) is 5.15. The fourth-order valence-electron chi connectivity index (χ4n) is 1.21. The molecule has 0 radical (unpaired) electrons. The first-order valence-electron chi connectivity index (χ1n) is 4.24. The van der Waals surface area contributed by atoms with E-state index in [0.717, 1.165) is 0 Å². The van der Waals surface area contributed by atoms with Gasteiger partial charge in [-0.2, -0.15) is 30.7 Å². The van der Waals surface area contributed by atoms with Crippen LogP contribution in [0.15, 0.2) is 0 Å². The molecule has 104 valence electrons. The van der Waals surface area contributed by atoms with Crippen LogP contribution in [0.2, 0.25) is 0 Å². The summed E-state index contributed by atoms with van der Waals surface area (Å²) in [7, 11) is 0. The Balaban J connectivity index is 0.00000256. The van der Waals surface area contributed by atoms with Crippen molar-refractivity contribution in [3.05, 3.63) is 0 Å². The monoisotopic (exact) mass is 291 g/mol. The van der Waals surface area contributed by atoms with Gasteiger partial charge < -0.3 is 10.1 Å². The van der Waals surface area contributed by atoms with Gasteiger partial charge in [-0.05, 0) is 0 Å². The van der Waals surface area contributed by atoms with E-state index in [4.69, 9.17) is 0 Å². The maximum Gasteiger partial charge on any atom is 0.459 e. The first-order valence-corrected chi connectivity index (χ1v) is 4.24. The van der Waals surface area contributed by atoms with E-state index in [1.165, 1.54) is 0 Å². The molecule has 2 nitrogen and oxygen atoms in total. The minimum absolute atomic E-state index is 0. The molecule has 10 heteroatoms. The van der Waals surface area contributed by atoms with E-state index < -0.39 is 30.7 Å². The third-order valence-electron chi connectivity index (χ3n) is 2.13. The van der Waals surface area contributed by atoms with Crippen molar-refractivity contribution in [2.24, 2.45) is 0 Å². The Bertz CT molecular complexity index is 251. The van der Waals surface area contributed by atoms with E-state index >= 15 is 0 Å². The van der Waals surface area contributed by atoms with E-state index in [0.29, 0.717) is 0 Å². The minimum Gasteiger partial charge on any atom is -0.378 e. The lowest BCUT2D eigenvalue weighted by Crippen LogP contribution is -2.64. The van der Waals surface area contributed by atoms with Gasteiger partial charge in [-0.15, -0.1) is 12.4 Å². The Morgan fingerprint density at radius 1 is 1.00 bits per heavy atom. The van der Waals surface area contributed by atoms with Crippen molar-refractivity contribution in [1.29, 1.82) is 0 Å². The summed E-state index contributed by atoms with van der Waals surface area (Å²) in [6.07, 6.45) is -6.30. The Morgan fingerprint density at radius 2 is 1.53 bits per heavy atom. The van der Waals surface area contributed by atoms with E-state index in [1.54, 1.807) is 0 Å². The molecule has 17 heavy (non-hydrogen) atoms. The number of nitrogens with one attached hydrogen (secondary N) is 1. The topological polar surface area (TPSA) is 21.3 Å². The molecule has 1 aliphatic heterocycles. The van der Waals surface area contributed by atoms with Gasteiger partial charge in [-0.25, -0.2) is 0 Å². The van der Waals surface area contributed by atoms with Crippen molar-refractivity contribution < 1.29 is 35.5 Å². The van der Waals surface area contributed by atoms with Crippen LogP contribution in [0.4, 0.5) is 30.7 Å². The zero-order valence-corrected chi connectivity index (χ0v) is 8.98. The highest BCUT2D eigenvalue weighted by atomic mass is 35.5. The lowest BCUT2D eigenvalue weighted by atomic mass is 10.0. The fourth-order valence-corrected chi connectivity index (χ4v) is 1.21. The highest BCUT2D eigenvalue weighted by Gasteiger charge is 2.75. The van der Waals surface area contributed by atoms with Gasteiger partial charge in [0.2, 0.25) is 0 Å². The van der Waals surface area contributed by atoms with Crippen molar-refractivity contribution in [2.75, 3.05) is 19.8 Å². The molecular formula is C7H9ClF7NO. The molecule has 0 spiro atoms. The molecule has 0 aliphatic carbocycles. The van der Waals surface area contributed by atoms with Crippen LogP contribution in [0.5, 0.6) is 0 Å². The largest absolute Gasteiger partial charge is 0.459 e. The maximum absolute atomic E-state index is 13.0. The quantitative estimate of drug-likeness (QED) is 0.788.